The topological polar surface area (TPSA) is 51.1 Å². The standard InChI is InChI=1S/C19H22N2O2S/c1-11-12(2)24-19(23)21(11)10-17(22)20-9-16-15-8-7-13-5-3-4-6-14(13)18(15)16/h3-6,15-16,18H,7-10H2,1-2H3,(H,20,22). The number of aryl methyl sites for hydroxylation is 2. The average molecular weight is 342 g/mol. The maximum absolute atomic E-state index is 12.2. The molecule has 0 bridgehead atoms. The lowest BCUT2D eigenvalue weighted by Crippen LogP contribution is -2.32. The van der Waals surface area contributed by atoms with Crippen molar-refractivity contribution in [3.05, 3.63) is 55.6 Å². The second kappa shape index (κ2) is 5.88. The zero-order valence-electron chi connectivity index (χ0n) is 14.0. The van der Waals surface area contributed by atoms with E-state index >= 15 is 0 Å². The van der Waals surface area contributed by atoms with Crippen LogP contribution < -0.4 is 10.2 Å². The summed E-state index contributed by atoms with van der Waals surface area (Å²) in [4.78, 5) is 25.1. The molecule has 1 aromatic heterocycles. The number of hydrogen-bond donors (Lipinski definition) is 1. The minimum Gasteiger partial charge on any atom is -0.354 e. The Labute approximate surface area is 145 Å². The summed E-state index contributed by atoms with van der Waals surface area (Å²) in [5.74, 6) is 1.82. The third kappa shape index (κ3) is 2.61. The molecule has 2 aliphatic carbocycles. The fourth-order valence-electron chi connectivity index (χ4n) is 4.19. The van der Waals surface area contributed by atoms with E-state index in [-0.39, 0.29) is 17.3 Å². The number of thiazole rings is 1. The van der Waals surface area contributed by atoms with Gasteiger partial charge in [-0.3, -0.25) is 14.2 Å². The number of amides is 1. The number of nitrogens with one attached hydrogen (secondary N) is 1. The van der Waals surface area contributed by atoms with Crippen molar-refractivity contribution in [2.45, 2.75) is 39.2 Å². The third-order valence-corrected chi connectivity index (χ3v) is 6.70. The van der Waals surface area contributed by atoms with Gasteiger partial charge in [-0.1, -0.05) is 35.6 Å². The number of aromatic nitrogens is 1. The number of fused-ring (bicyclic) bond motifs is 3. The molecular formula is C19H22N2O2S. The molecule has 5 heteroatoms. The highest BCUT2D eigenvalue weighted by molar-refractivity contribution is 7.09. The zero-order chi connectivity index (χ0) is 16.8. The summed E-state index contributed by atoms with van der Waals surface area (Å²) in [6.07, 6.45) is 2.38. The quantitative estimate of drug-likeness (QED) is 0.929. The summed E-state index contributed by atoms with van der Waals surface area (Å²) in [6, 6.07) is 8.70. The van der Waals surface area contributed by atoms with Gasteiger partial charge >= 0.3 is 4.87 Å². The summed E-state index contributed by atoms with van der Waals surface area (Å²) in [5, 5.41) is 3.05. The van der Waals surface area contributed by atoms with E-state index in [9.17, 15) is 9.59 Å². The smallest absolute Gasteiger partial charge is 0.308 e. The van der Waals surface area contributed by atoms with Crippen LogP contribution in [0.1, 0.15) is 34.0 Å². The van der Waals surface area contributed by atoms with Crippen molar-refractivity contribution >= 4 is 17.2 Å². The van der Waals surface area contributed by atoms with E-state index in [4.69, 9.17) is 0 Å². The molecule has 4 rings (SSSR count). The second-order valence-electron chi connectivity index (χ2n) is 6.99. The Balaban J connectivity index is 1.37. The maximum Gasteiger partial charge on any atom is 0.308 e. The predicted molar refractivity (Wildman–Crippen MR) is 95.5 cm³/mol. The van der Waals surface area contributed by atoms with E-state index in [1.54, 1.807) is 4.57 Å². The van der Waals surface area contributed by atoms with Crippen LogP contribution in [0.5, 0.6) is 0 Å². The monoisotopic (exact) mass is 342 g/mol. The number of carbonyl (C=O) groups is 1. The number of carbonyl (C=O) groups excluding carboxylic acids is 1. The van der Waals surface area contributed by atoms with E-state index < -0.39 is 0 Å². The summed E-state index contributed by atoms with van der Waals surface area (Å²) in [6.45, 7) is 4.67. The first-order valence-electron chi connectivity index (χ1n) is 8.57. The SMILES string of the molecule is Cc1sc(=O)n(CC(=O)NCC2C3CCc4ccccc4C32)c1C. The highest BCUT2D eigenvalue weighted by Gasteiger charge is 2.52. The molecule has 0 spiro atoms. The van der Waals surface area contributed by atoms with Crippen molar-refractivity contribution in [1.82, 2.24) is 9.88 Å². The Morgan fingerprint density at radius 3 is 2.88 bits per heavy atom. The van der Waals surface area contributed by atoms with E-state index in [1.807, 2.05) is 13.8 Å². The molecular weight excluding hydrogens is 320 g/mol. The Hall–Kier alpha value is -1.88. The molecule has 24 heavy (non-hydrogen) atoms. The Morgan fingerprint density at radius 2 is 2.12 bits per heavy atom. The largest absolute Gasteiger partial charge is 0.354 e. The highest BCUT2D eigenvalue weighted by atomic mass is 32.1. The lowest BCUT2D eigenvalue weighted by molar-refractivity contribution is -0.121. The number of nitrogens with zero attached hydrogens (tertiary/aromatic N) is 1. The number of benzene rings is 1. The van der Waals surface area contributed by atoms with Crippen LogP contribution in [0.3, 0.4) is 0 Å². The van der Waals surface area contributed by atoms with Crippen LogP contribution >= 0.6 is 11.3 Å². The van der Waals surface area contributed by atoms with Crippen LogP contribution in [0.4, 0.5) is 0 Å². The Morgan fingerprint density at radius 1 is 1.33 bits per heavy atom. The molecule has 2 aliphatic rings. The van der Waals surface area contributed by atoms with E-state index in [1.165, 1.54) is 28.9 Å². The first kappa shape index (κ1) is 15.6. The van der Waals surface area contributed by atoms with E-state index in [2.05, 4.69) is 29.6 Å². The Kier molecular flexibility index (Phi) is 3.83. The van der Waals surface area contributed by atoms with Crippen LogP contribution in [0, 0.1) is 25.7 Å². The fraction of sp³-hybridized carbons (Fsp3) is 0.474. The van der Waals surface area contributed by atoms with Gasteiger partial charge in [-0.25, -0.2) is 0 Å². The average Bonchev–Trinajstić information content (AvgIpc) is 3.25. The van der Waals surface area contributed by atoms with Crippen molar-refractivity contribution in [2.75, 3.05) is 6.54 Å². The molecule has 4 nitrogen and oxygen atoms in total. The summed E-state index contributed by atoms with van der Waals surface area (Å²) in [7, 11) is 0. The predicted octanol–water partition coefficient (Wildman–Crippen LogP) is 2.62. The van der Waals surface area contributed by atoms with Gasteiger partial charge in [-0.15, -0.1) is 0 Å². The minimum absolute atomic E-state index is 0.0471. The molecule has 0 aliphatic heterocycles. The minimum atomic E-state index is -0.0602. The maximum atomic E-state index is 12.2. The van der Waals surface area contributed by atoms with Gasteiger partial charge in [0.2, 0.25) is 5.91 Å². The summed E-state index contributed by atoms with van der Waals surface area (Å²) in [5.41, 5.74) is 3.85. The lowest BCUT2D eigenvalue weighted by Gasteiger charge is -2.13. The summed E-state index contributed by atoms with van der Waals surface area (Å²) < 4.78 is 1.57. The molecule has 1 amide bonds. The van der Waals surface area contributed by atoms with Crippen molar-refractivity contribution < 1.29 is 4.79 Å². The molecule has 1 N–H and O–H groups in total. The molecule has 2 aromatic rings. The van der Waals surface area contributed by atoms with Gasteiger partial charge < -0.3 is 5.32 Å². The first-order chi connectivity index (χ1) is 11.6. The highest BCUT2D eigenvalue weighted by Crippen LogP contribution is 2.59. The molecule has 0 saturated heterocycles. The van der Waals surface area contributed by atoms with Gasteiger partial charge in [0.15, 0.2) is 0 Å². The van der Waals surface area contributed by atoms with Crippen molar-refractivity contribution in [3.8, 4) is 0 Å². The van der Waals surface area contributed by atoms with Crippen LogP contribution in [0.2, 0.25) is 0 Å². The van der Waals surface area contributed by atoms with Crippen molar-refractivity contribution in [2.24, 2.45) is 11.8 Å². The van der Waals surface area contributed by atoms with Gasteiger partial charge in [-0.05, 0) is 55.6 Å². The van der Waals surface area contributed by atoms with E-state index in [0.29, 0.717) is 17.8 Å². The van der Waals surface area contributed by atoms with E-state index in [0.717, 1.165) is 23.5 Å². The molecule has 0 radical (unpaired) electrons. The number of hydrogen-bond acceptors (Lipinski definition) is 3. The van der Waals surface area contributed by atoms with Crippen LogP contribution in [-0.4, -0.2) is 17.0 Å². The van der Waals surface area contributed by atoms with Gasteiger partial charge in [0.25, 0.3) is 0 Å². The van der Waals surface area contributed by atoms with Gasteiger partial charge in [0.1, 0.15) is 6.54 Å². The molecule has 1 saturated carbocycles. The zero-order valence-corrected chi connectivity index (χ0v) is 14.9. The van der Waals surface area contributed by atoms with Gasteiger partial charge in [0, 0.05) is 17.1 Å². The molecule has 3 unspecified atom stereocenters. The van der Waals surface area contributed by atoms with Crippen molar-refractivity contribution in [1.29, 1.82) is 0 Å². The Bertz CT molecular complexity index is 851. The number of rotatable bonds is 4. The van der Waals surface area contributed by atoms with Crippen LogP contribution in [0.15, 0.2) is 29.1 Å². The summed E-state index contributed by atoms with van der Waals surface area (Å²) >= 11 is 1.21. The lowest BCUT2D eigenvalue weighted by atomic mass is 9.92. The van der Waals surface area contributed by atoms with Crippen LogP contribution in [-0.2, 0) is 17.8 Å². The molecule has 1 fully saturated rings. The molecule has 1 aromatic carbocycles. The molecule has 1 heterocycles. The normalized spacial score (nSPS) is 24.2. The van der Waals surface area contributed by atoms with Crippen molar-refractivity contribution in [3.63, 3.8) is 0 Å². The fourth-order valence-corrected chi connectivity index (χ4v) is 5.02. The van der Waals surface area contributed by atoms with Gasteiger partial charge in [-0.2, -0.15) is 0 Å². The second-order valence-corrected chi connectivity index (χ2v) is 8.16. The molecule has 126 valence electrons. The molecule has 3 atom stereocenters. The first-order valence-corrected chi connectivity index (χ1v) is 9.39. The third-order valence-electron chi connectivity index (χ3n) is 5.70. The van der Waals surface area contributed by atoms with Crippen LogP contribution in [0.25, 0.3) is 0 Å². The van der Waals surface area contributed by atoms with Gasteiger partial charge in [0.05, 0.1) is 0 Å².